The molecule has 0 radical (unpaired) electrons. The SMILES string of the molecule is CCCCCNC(=O)CN(c1ccccc1)S(=O)(=O)c1ccc(OC)c(C)c1. The first-order chi connectivity index (χ1) is 13.4. The van der Waals surface area contributed by atoms with Crippen LogP contribution in [0.5, 0.6) is 5.75 Å². The number of amides is 1. The summed E-state index contributed by atoms with van der Waals surface area (Å²) >= 11 is 0. The zero-order chi connectivity index (χ0) is 20.6. The number of carbonyl (C=O) groups is 1. The normalized spacial score (nSPS) is 11.1. The summed E-state index contributed by atoms with van der Waals surface area (Å²) < 4.78 is 33.0. The fourth-order valence-corrected chi connectivity index (χ4v) is 4.34. The molecule has 1 N–H and O–H groups in total. The molecule has 0 saturated carbocycles. The van der Waals surface area contributed by atoms with Crippen LogP contribution in [-0.2, 0) is 14.8 Å². The van der Waals surface area contributed by atoms with Crippen molar-refractivity contribution >= 4 is 21.6 Å². The molecule has 0 aliphatic carbocycles. The van der Waals surface area contributed by atoms with E-state index in [9.17, 15) is 13.2 Å². The highest BCUT2D eigenvalue weighted by atomic mass is 32.2. The van der Waals surface area contributed by atoms with E-state index in [0.717, 1.165) is 23.6 Å². The molecule has 0 atom stereocenters. The van der Waals surface area contributed by atoms with Gasteiger partial charge in [-0.15, -0.1) is 0 Å². The summed E-state index contributed by atoms with van der Waals surface area (Å²) in [4.78, 5) is 12.5. The molecule has 0 aromatic heterocycles. The summed E-state index contributed by atoms with van der Waals surface area (Å²) in [5.74, 6) is 0.285. The molecule has 0 heterocycles. The molecule has 152 valence electrons. The smallest absolute Gasteiger partial charge is 0.264 e. The van der Waals surface area contributed by atoms with Crippen LogP contribution in [0, 0.1) is 6.92 Å². The maximum Gasteiger partial charge on any atom is 0.264 e. The Morgan fingerprint density at radius 2 is 1.82 bits per heavy atom. The van der Waals surface area contributed by atoms with Crippen molar-refractivity contribution in [2.75, 3.05) is 24.5 Å². The second kappa shape index (κ2) is 10.1. The summed E-state index contributed by atoms with van der Waals surface area (Å²) in [6.07, 6.45) is 2.95. The number of unbranched alkanes of at least 4 members (excludes halogenated alkanes) is 2. The van der Waals surface area contributed by atoms with Gasteiger partial charge in [-0.1, -0.05) is 38.0 Å². The van der Waals surface area contributed by atoms with E-state index in [1.807, 2.05) is 0 Å². The molecule has 0 fully saturated rings. The van der Waals surface area contributed by atoms with Crippen molar-refractivity contribution in [3.8, 4) is 5.75 Å². The van der Waals surface area contributed by atoms with E-state index in [0.29, 0.717) is 23.5 Å². The van der Waals surface area contributed by atoms with E-state index in [1.54, 1.807) is 49.4 Å². The number of rotatable bonds is 10. The first kappa shape index (κ1) is 21.8. The molecule has 7 heteroatoms. The van der Waals surface area contributed by atoms with E-state index in [4.69, 9.17) is 4.74 Å². The quantitative estimate of drug-likeness (QED) is 0.615. The van der Waals surface area contributed by atoms with Crippen LogP contribution in [0.4, 0.5) is 5.69 Å². The highest BCUT2D eigenvalue weighted by Gasteiger charge is 2.27. The van der Waals surface area contributed by atoms with Crippen LogP contribution >= 0.6 is 0 Å². The molecular formula is C21H28N2O4S. The number of aryl methyl sites for hydroxylation is 1. The number of sulfonamides is 1. The van der Waals surface area contributed by atoms with E-state index >= 15 is 0 Å². The van der Waals surface area contributed by atoms with Gasteiger partial charge < -0.3 is 10.1 Å². The van der Waals surface area contributed by atoms with E-state index < -0.39 is 10.0 Å². The minimum absolute atomic E-state index is 0.119. The Bertz CT molecular complexity index is 883. The molecule has 2 aromatic rings. The summed E-state index contributed by atoms with van der Waals surface area (Å²) in [7, 11) is -2.38. The molecule has 0 spiro atoms. The molecule has 0 unspecified atom stereocenters. The summed E-state index contributed by atoms with van der Waals surface area (Å²) in [6.45, 7) is 4.13. The number of ether oxygens (including phenoxy) is 1. The van der Waals surface area contributed by atoms with Crippen molar-refractivity contribution < 1.29 is 17.9 Å². The number of benzene rings is 2. The molecular weight excluding hydrogens is 376 g/mol. The lowest BCUT2D eigenvalue weighted by Crippen LogP contribution is -2.41. The van der Waals surface area contributed by atoms with E-state index in [-0.39, 0.29) is 17.3 Å². The highest BCUT2D eigenvalue weighted by Crippen LogP contribution is 2.27. The molecule has 2 aromatic carbocycles. The monoisotopic (exact) mass is 404 g/mol. The van der Waals surface area contributed by atoms with Crippen LogP contribution in [0.15, 0.2) is 53.4 Å². The van der Waals surface area contributed by atoms with Crippen LogP contribution in [0.2, 0.25) is 0 Å². The van der Waals surface area contributed by atoms with E-state index in [1.165, 1.54) is 13.2 Å². The largest absolute Gasteiger partial charge is 0.496 e. The van der Waals surface area contributed by atoms with E-state index in [2.05, 4.69) is 12.2 Å². The lowest BCUT2D eigenvalue weighted by atomic mass is 10.2. The lowest BCUT2D eigenvalue weighted by molar-refractivity contribution is -0.119. The average Bonchev–Trinajstić information content (AvgIpc) is 2.70. The number of para-hydroxylation sites is 1. The second-order valence-corrected chi connectivity index (χ2v) is 8.40. The zero-order valence-electron chi connectivity index (χ0n) is 16.6. The average molecular weight is 405 g/mol. The molecule has 28 heavy (non-hydrogen) atoms. The van der Waals surface area contributed by atoms with Gasteiger partial charge >= 0.3 is 0 Å². The van der Waals surface area contributed by atoms with Gasteiger partial charge in [0, 0.05) is 6.54 Å². The predicted octanol–water partition coefficient (Wildman–Crippen LogP) is 3.51. The van der Waals surface area contributed by atoms with Gasteiger partial charge in [-0.05, 0) is 49.2 Å². The summed E-state index contributed by atoms with van der Waals surface area (Å²) in [5, 5.41) is 2.81. The molecule has 6 nitrogen and oxygen atoms in total. The van der Waals surface area contributed by atoms with Crippen LogP contribution in [0.3, 0.4) is 0 Å². The zero-order valence-corrected chi connectivity index (χ0v) is 17.5. The molecule has 2 rings (SSSR count). The van der Waals surface area contributed by atoms with Crippen LogP contribution in [0.1, 0.15) is 31.7 Å². The van der Waals surface area contributed by atoms with Gasteiger partial charge in [0.1, 0.15) is 12.3 Å². The second-order valence-electron chi connectivity index (χ2n) is 6.54. The van der Waals surface area contributed by atoms with Crippen LogP contribution in [0.25, 0.3) is 0 Å². The third-order valence-corrected chi connectivity index (χ3v) is 6.16. The van der Waals surface area contributed by atoms with Gasteiger partial charge in [-0.2, -0.15) is 0 Å². The first-order valence-electron chi connectivity index (χ1n) is 9.39. The summed E-state index contributed by atoms with van der Waals surface area (Å²) in [5.41, 5.74) is 1.15. The topological polar surface area (TPSA) is 75.7 Å². The van der Waals surface area contributed by atoms with Crippen molar-refractivity contribution in [3.05, 3.63) is 54.1 Å². The van der Waals surface area contributed by atoms with Crippen molar-refractivity contribution in [3.63, 3.8) is 0 Å². The number of hydrogen-bond acceptors (Lipinski definition) is 4. The predicted molar refractivity (Wildman–Crippen MR) is 111 cm³/mol. The Morgan fingerprint density at radius 3 is 2.43 bits per heavy atom. The fraction of sp³-hybridized carbons (Fsp3) is 0.381. The fourth-order valence-electron chi connectivity index (χ4n) is 2.84. The minimum Gasteiger partial charge on any atom is -0.496 e. The Hall–Kier alpha value is -2.54. The van der Waals surface area contributed by atoms with Crippen molar-refractivity contribution in [1.29, 1.82) is 0 Å². The van der Waals surface area contributed by atoms with Gasteiger partial charge in [-0.25, -0.2) is 8.42 Å². The van der Waals surface area contributed by atoms with Gasteiger partial charge in [0.2, 0.25) is 5.91 Å². The Kier molecular flexibility index (Phi) is 7.87. The third kappa shape index (κ3) is 5.48. The molecule has 0 aliphatic rings. The van der Waals surface area contributed by atoms with Crippen LogP contribution < -0.4 is 14.4 Å². The van der Waals surface area contributed by atoms with Gasteiger partial charge in [0.25, 0.3) is 10.0 Å². The maximum atomic E-state index is 13.3. The Balaban J connectivity index is 2.30. The third-order valence-electron chi connectivity index (χ3n) is 4.39. The van der Waals surface area contributed by atoms with Crippen molar-refractivity contribution in [2.45, 2.75) is 38.0 Å². The standard InChI is InChI=1S/C21H28N2O4S/c1-4-5-9-14-22-21(24)16-23(18-10-7-6-8-11-18)28(25,26)19-12-13-20(27-3)17(2)15-19/h6-8,10-13,15H,4-5,9,14,16H2,1-3H3,(H,22,24). The molecule has 0 aliphatic heterocycles. The molecule has 1 amide bonds. The Morgan fingerprint density at radius 1 is 1.11 bits per heavy atom. The van der Waals surface area contributed by atoms with Gasteiger partial charge in [-0.3, -0.25) is 9.10 Å². The van der Waals surface area contributed by atoms with Gasteiger partial charge in [0.15, 0.2) is 0 Å². The maximum absolute atomic E-state index is 13.3. The Labute approximate surface area is 167 Å². The lowest BCUT2D eigenvalue weighted by Gasteiger charge is -2.24. The molecule has 0 bridgehead atoms. The van der Waals surface area contributed by atoms with Gasteiger partial charge in [0.05, 0.1) is 17.7 Å². The van der Waals surface area contributed by atoms with Crippen molar-refractivity contribution in [2.24, 2.45) is 0 Å². The first-order valence-corrected chi connectivity index (χ1v) is 10.8. The minimum atomic E-state index is -3.91. The highest BCUT2D eigenvalue weighted by molar-refractivity contribution is 7.92. The number of hydrogen-bond donors (Lipinski definition) is 1. The van der Waals surface area contributed by atoms with Crippen LogP contribution in [-0.4, -0.2) is 34.5 Å². The number of nitrogens with one attached hydrogen (secondary N) is 1. The number of anilines is 1. The summed E-state index contributed by atoms with van der Waals surface area (Å²) in [6, 6.07) is 13.3. The number of nitrogens with zero attached hydrogens (tertiary/aromatic N) is 1. The number of methoxy groups -OCH3 is 1. The number of carbonyl (C=O) groups excluding carboxylic acids is 1. The molecule has 0 saturated heterocycles. The van der Waals surface area contributed by atoms with Crippen molar-refractivity contribution in [1.82, 2.24) is 5.32 Å².